The van der Waals surface area contributed by atoms with Gasteiger partial charge < -0.3 is 10.1 Å². The van der Waals surface area contributed by atoms with Gasteiger partial charge in [-0.2, -0.15) is 0 Å². The smallest absolute Gasteiger partial charge is 0.248 e. The van der Waals surface area contributed by atoms with Crippen LogP contribution in [-0.4, -0.2) is 18.3 Å². The van der Waals surface area contributed by atoms with Gasteiger partial charge in [-0.25, -0.2) is 0 Å². The van der Waals surface area contributed by atoms with Crippen molar-refractivity contribution in [2.45, 2.75) is 13.8 Å². The highest BCUT2D eigenvalue weighted by Gasteiger charge is 2.04. The van der Waals surface area contributed by atoms with Crippen LogP contribution >= 0.6 is 15.9 Å². The summed E-state index contributed by atoms with van der Waals surface area (Å²) in [5, 5.41) is 2.75. The number of hydrogen-bond donors (Lipinski definition) is 1. The first-order chi connectivity index (χ1) is 11.5. The molecule has 1 N–H and O–H groups in total. The minimum atomic E-state index is -0.256. The molecule has 124 valence electrons. The van der Waals surface area contributed by atoms with Crippen molar-refractivity contribution in [1.29, 1.82) is 0 Å². The lowest BCUT2D eigenvalue weighted by Crippen LogP contribution is -2.08. The molecule has 1 amide bonds. The lowest BCUT2D eigenvalue weighted by atomic mass is 10.1. The predicted octanol–water partition coefficient (Wildman–Crippen LogP) is 4.70. The topological polar surface area (TPSA) is 55.4 Å². The lowest BCUT2D eigenvalue weighted by molar-refractivity contribution is -0.111. The fraction of sp³-hybridized carbons (Fsp3) is 0.158. The Bertz CT molecular complexity index is 767. The monoisotopic (exact) mass is 387 g/mol. The highest BCUT2D eigenvalue weighted by atomic mass is 79.9. The van der Waals surface area contributed by atoms with Crippen molar-refractivity contribution in [2.75, 3.05) is 11.9 Å². The van der Waals surface area contributed by atoms with Crippen molar-refractivity contribution in [1.82, 2.24) is 0 Å². The molecule has 2 aromatic rings. The van der Waals surface area contributed by atoms with Gasteiger partial charge in [-0.3, -0.25) is 9.59 Å². The Hall–Kier alpha value is -2.40. The first kappa shape index (κ1) is 17.9. The van der Waals surface area contributed by atoms with E-state index in [-0.39, 0.29) is 11.7 Å². The van der Waals surface area contributed by atoms with Crippen molar-refractivity contribution >= 4 is 39.4 Å². The molecule has 24 heavy (non-hydrogen) atoms. The van der Waals surface area contributed by atoms with Crippen molar-refractivity contribution in [2.24, 2.45) is 0 Å². The molecule has 0 unspecified atom stereocenters. The summed E-state index contributed by atoms with van der Waals surface area (Å²) in [6, 6.07) is 12.4. The number of Topliss-reactive ketones (excluding diaryl/α,β-unsaturated/α-hetero) is 1. The van der Waals surface area contributed by atoms with Gasteiger partial charge in [0.2, 0.25) is 5.91 Å². The molecule has 2 rings (SSSR count). The quantitative estimate of drug-likeness (QED) is 0.577. The zero-order valence-corrected chi connectivity index (χ0v) is 15.1. The number of nitrogens with one attached hydrogen (secondary N) is 1. The van der Waals surface area contributed by atoms with E-state index in [0.29, 0.717) is 17.9 Å². The highest BCUT2D eigenvalue weighted by molar-refractivity contribution is 9.10. The average Bonchev–Trinajstić information content (AvgIpc) is 2.55. The van der Waals surface area contributed by atoms with Crippen molar-refractivity contribution in [3.63, 3.8) is 0 Å². The second-order valence-corrected chi connectivity index (χ2v) is 5.99. The largest absolute Gasteiger partial charge is 0.493 e. The summed E-state index contributed by atoms with van der Waals surface area (Å²) >= 11 is 3.41. The second kappa shape index (κ2) is 8.45. The number of ketones is 1. The Balaban J connectivity index is 2.07. The maximum Gasteiger partial charge on any atom is 0.248 e. The van der Waals surface area contributed by atoms with Crippen molar-refractivity contribution < 1.29 is 14.3 Å². The second-order valence-electron chi connectivity index (χ2n) is 5.07. The van der Waals surface area contributed by atoms with Gasteiger partial charge in [-0.1, -0.05) is 15.9 Å². The molecule has 5 heteroatoms. The fourth-order valence-electron chi connectivity index (χ4n) is 2.07. The van der Waals surface area contributed by atoms with Gasteiger partial charge >= 0.3 is 0 Å². The van der Waals surface area contributed by atoms with E-state index in [1.807, 2.05) is 25.1 Å². The van der Waals surface area contributed by atoms with E-state index < -0.39 is 0 Å². The number of anilines is 1. The van der Waals surface area contributed by atoms with E-state index in [0.717, 1.165) is 15.8 Å². The molecular formula is C19H18BrNO3. The SMILES string of the molecule is CCOc1ccc(Br)cc1/C=C/C(=O)Nc1ccc(C(C)=O)cc1. The van der Waals surface area contributed by atoms with E-state index in [1.165, 1.54) is 13.0 Å². The summed E-state index contributed by atoms with van der Waals surface area (Å²) in [4.78, 5) is 23.3. The van der Waals surface area contributed by atoms with Crippen LogP contribution in [0.3, 0.4) is 0 Å². The lowest BCUT2D eigenvalue weighted by Gasteiger charge is -2.07. The summed E-state index contributed by atoms with van der Waals surface area (Å²) < 4.78 is 6.45. The zero-order valence-electron chi connectivity index (χ0n) is 13.5. The molecule has 0 atom stereocenters. The van der Waals surface area contributed by atoms with Gasteiger partial charge in [-0.05, 0) is 62.4 Å². The molecule has 4 nitrogen and oxygen atoms in total. The van der Waals surface area contributed by atoms with Crippen LogP contribution in [0.25, 0.3) is 6.08 Å². The highest BCUT2D eigenvalue weighted by Crippen LogP contribution is 2.24. The Labute approximate surface area is 149 Å². The number of amides is 1. The molecule has 0 saturated carbocycles. The molecular weight excluding hydrogens is 370 g/mol. The number of halogens is 1. The van der Waals surface area contributed by atoms with Crippen LogP contribution in [-0.2, 0) is 4.79 Å². The van der Waals surface area contributed by atoms with Gasteiger partial charge in [0, 0.05) is 27.4 Å². The number of rotatable bonds is 6. The van der Waals surface area contributed by atoms with E-state index in [2.05, 4.69) is 21.2 Å². The third-order valence-corrected chi connectivity index (χ3v) is 3.74. The normalized spacial score (nSPS) is 10.6. The summed E-state index contributed by atoms with van der Waals surface area (Å²) in [7, 11) is 0. The Morgan fingerprint density at radius 3 is 2.50 bits per heavy atom. The molecule has 2 aromatic carbocycles. The van der Waals surface area contributed by atoms with Gasteiger partial charge in [0.1, 0.15) is 5.75 Å². The van der Waals surface area contributed by atoms with Crippen LogP contribution in [0.4, 0.5) is 5.69 Å². The molecule has 0 saturated heterocycles. The molecule has 0 aromatic heterocycles. The van der Waals surface area contributed by atoms with E-state index >= 15 is 0 Å². The van der Waals surface area contributed by atoms with Gasteiger partial charge in [-0.15, -0.1) is 0 Å². The summed E-state index contributed by atoms with van der Waals surface area (Å²) in [6.07, 6.45) is 3.15. The summed E-state index contributed by atoms with van der Waals surface area (Å²) in [5.74, 6) is 0.453. The fourth-order valence-corrected chi connectivity index (χ4v) is 2.45. The van der Waals surface area contributed by atoms with Crippen LogP contribution in [0.5, 0.6) is 5.75 Å². The van der Waals surface area contributed by atoms with E-state index in [4.69, 9.17) is 4.74 Å². The Kier molecular flexibility index (Phi) is 6.32. The number of ether oxygens (including phenoxy) is 1. The molecule has 0 aliphatic carbocycles. The van der Waals surface area contributed by atoms with Crippen LogP contribution in [0.2, 0.25) is 0 Å². The Morgan fingerprint density at radius 1 is 1.17 bits per heavy atom. The molecule has 0 aliphatic rings. The summed E-state index contributed by atoms with van der Waals surface area (Å²) in [6.45, 7) is 3.97. The van der Waals surface area contributed by atoms with Crippen LogP contribution < -0.4 is 10.1 Å². The molecule has 0 bridgehead atoms. The first-order valence-electron chi connectivity index (χ1n) is 7.52. The van der Waals surface area contributed by atoms with Crippen molar-refractivity contribution in [3.8, 4) is 5.75 Å². The zero-order chi connectivity index (χ0) is 17.5. The molecule has 0 radical (unpaired) electrons. The molecule has 0 aliphatic heterocycles. The predicted molar refractivity (Wildman–Crippen MR) is 99.4 cm³/mol. The van der Waals surface area contributed by atoms with Crippen LogP contribution in [0.15, 0.2) is 53.0 Å². The van der Waals surface area contributed by atoms with E-state index in [9.17, 15) is 9.59 Å². The van der Waals surface area contributed by atoms with Gasteiger partial charge in [0.25, 0.3) is 0 Å². The average molecular weight is 388 g/mol. The van der Waals surface area contributed by atoms with Crippen molar-refractivity contribution in [3.05, 3.63) is 64.1 Å². The standard InChI is InChI=1S/C19H18BrNO3/c1-3-24-18-10-7-16(20)12-15(18)6-11-19(23)21-17-8-4-14(5-9-17)13(2)22/h4-12H,3H2,1-2H3,(H,21,23)/b11-6+. The minimum absolute atomic E-state index is 0.00844. The summed E-state index contributed by atoms with van der Waals surface area (Å²) in [5.41, 5.74) is 2.06. The van der Waals surface area contributed by atoms with Gasteiger partial charge in [0.05, 0.1) is 6.61 Å². The first-order valence-corrected chi connectivity index (χ1v) is 8.31. The maximum absolute atomic E-state index is 12.0. The number of benzene rings is 2. The maximum atomic E-state index is 12.0. The number of carbonyl (C=O) groups is 2. The number of hydrogen-bond acceptors (Lipinski definition) is 3. The Morgan fingerprint density at radius 2 is 1.88 bits per heavy atom. The van der Waals surface area contributed by atoms with Crippen LogP contribution in [0.1, 0.15) is 29.8 Å². The third-order valence-electron chi connectivity index (χ3n) is 3.24. The molecule has 0 heterocycles. The van der Waals surface area contributed by atoms with E-state index in [1.54, 1.807) is 30.3 Å². The third kappa shape index (κ3) is 5.06. The van der Waals surface area contributed by atoms with Crippen LogP contribution in [0, 0.1) is 0 Å². The molecule has 0 fully saturated rings. The number of carbonyl (C=O) groups excluding carboxylic acids is 2. The minimum Gasteiger partial charge on any atom is -0.493 e. The van der Waals surface area contributed by atoms with Gasteiger partial charge in [0.15, 0.2) is 5.78 Å². The molecule has 0 spiro atoms.